The minimum Gasteiger partial charge on any atom is -0.351 e. The second-order valence-corrected chi connectivity index (χ2v) is 4.62. The molecule has 0 atom stereocenters. The summed E-state index contributed by atoms with van der Waals surface area (Å²) in [5.41, 5.74) is 0. The molecule has 0 radical (unpaired) electrons. The number of anilines is 1. The first-order chi connectivity index (χ1) is 7.92. The highest BCUT2D eigenvalue weighted by atomic mass is 35.5. The van der Waals surface area contributed by atoms with Crippen molar-refractivity contribution in [3.8, 4) is 0 Å². The Morgan fingerprint density at radius 1 is 1.25 bits per heavy atom. The minimum absolute atomic E-state index is 0.601. The summed E-state index contributed by atoms with van der Waals surface area (Å²) in [6.45, 7) is 0.866. The van der Waals surface area contributed by atoms with Gasteiger partial charge < -0.3 is 4.90 Å². The van der Waals surface area contributed by atoms with Crippen molar-refractivity contribution in [1.29, 1.82) is 0 Å². The van der Waals surface area contributed by atoms with Crippen molar-refractivity contribution in [2.75, 3.05) is 17.3 Å². The van der Waals surface area contributed by atoms with Crippen LogP contribution in [-0.2, 0) is 0 Å². The number of halogens is 1. The van der Waals surface area contributed by atoms with E-state index < -0.39 is 0 Å². The van der Waals surface area contributed by atoms with Gasteiger partial charge in [0.05, 0.1) is 6.20 Å². The summed E-state index contributed by atoms with van der Waals surface area (Å²) in [5, 5.41) is 0. The molecule has 0 aromatic carbocycles. The van der Waals surface area contributed by atoms with Gasteiger partial charge in [0.2, 0.25) is 0 Å². The summed E-state index contributed by atoms with van der Waals surface area (Å²) in [7, 11) is 0. The molecule has 16 heavy (non-hydrogen) atoms. The zero-order valence-corrected chi connectivity index (χ0v) is 10.2. The van der Waals surface area contributed by atoms with Gasteiger partial charge in [-0.2, -0.15) is 0 Å². The maximum atomic E-state index is 5.88. The quantitative estimate of drug-likeness (QED) is 0.757. The van der Waals surface area contributed by atoms with Crippen LogP contribution in [0.3, 0.4) is 0 Å². The maximum absolute atomic E-state index is 5.88. The summed E-state index contributed by atoms with van der Waals surface area (Å²) in [5.74, 6) is 1.61. The number of alkyl halides is 1. The van der Waals surface area contributed by atoms with Crippen molar-refractivity contribution >= 4 is 17.4 Å². The first-order valence-electron chi connectivity index (χ1n) is 6.00. The molecule has 0 saturated heterocycles. The third-order valence-electron chi connectivity index (χ3n) is 3.18. The van der Waals surface area contributed by atoms with Crippen LogP contribution in [0, 0.1) is 0 Å². The van der Waals surface area contributed by atoms with E-state index in [-0.39, 0.29) is 0 Å². The fraction of sp³-hybridized carbons (Fsp3) is 0.667. The van der Waals surface area contributed by atoms with Crippen LogP contribution in [0.15, 0.2) is 18.6 Å². The van der Waals surface area contributed by atoms with E-state index in [1.165, 1.54) is 32.1 Å². The van der Waals surface area contributed by atoms with Crippen LogP contribution in [0.4, 0.5) is 5.82 Å². The first kappa shape index (κ1) is 11.6. The zero-order valence-electron chi connectivity index (χ0n) is 9.48. The molecule has 1 aromatic heterocycles. The van der Waals surface area contributed by atoms with Gasteiger partial charge in [-0.1, -0.05) is 19.3 Å². The summed E-state index contributed by atoms with van der Waals surface area (Å²) in [6.07, 6.45) is 11.8. The lowest BCUT2D eigenvalue weighted by atomic mass is 9.94. The zero-order chi connectivity index (χ0) is 11.2. The lowest BCUT2D eigenvalue weighted by molar-refractivity contribution is 0.416. The van der Waals surface area contributed by atoms with E-state index >= 15 is 0 Å². The smallest absolute Gasteiger partial charge is 0.147 e. The van der Waals surface area contributed by atoms with E-state index in [0.717, 1.165) is 12.4 Å². The molecule has 4 heteroatoms. The second kappa shape index (κ2) is 6.04. The predicted molar refractivity (Wildman–Crippen MR) is 67.0 cm³/mol. The summed E-state index contributed by atoms with van der Waals surface area (Å²) >= 11 is 5.88. The molecule has 1 saturated carbocycles. The molecule has 0 amide bonds. The molecule has 1 aliphatic rings. The molecule has 2 rings (SSSR count). The fourth-order valence-corrected chi connectivity index (χ4v) is 2.59. The number of hydrogen-bond acceptors (Lipinski definition) is 3. The molecule has 0 spiro atoms. The highest BCUT2D eigenvalue weighted by molar-refractivity contribution is 6.18. The van der Waals surface area contributed by atoms with E-state index in [0.29, 0.717) is 11.9 Å². The van der Waals surface area contributed by atoms with Crippen LogP contribution in [0.25, 0.3) is 0 Å². The average Bonchev–Trinajstić information content (AvgIpc) is 2.38. The molecule has 1 fully saturated rings. The third-order valence-corrected chi connectivity index (χ3v) is 3.35. The summed E-state index contributed by atoms with van der Waals surface area (Å²) in [4.78, 5) is 10.8. The Labute approximate surface area is 102 Å². The number of hydrogen-bond donors (Lipinski definition) is 0. The van der Waals surface area contributed by atoms with E-state index in [1.807, 2.05) is 6.20 Å². The van der Waals surface area contributed by atoms with Gasteiger partial charge >= 0.3 is 0 Å². The van der Waals surface area contributed by atoms with Crippen LogP contribution in [0.2, 0.25) is 0 Å². The molecule has 1 aliphatic carbocycles. The van der Waals surface area contributed by atoms with Crippen LogP contribution in [-0.4, -0.2) is 28.4 Å². The standard InChI is InChI=1S/C12H18ClN3/c13-6-9-16(11-4-2-1-3-5-11)12-10-14-7-8-15-12/h7-8,10-11H,1-6,9H2. The minimum atomic E-state index is 0.601. The summed E-state index contributed by atoms with van der Waals surface area (Å²) < 4.78 is 0. The average molecular weight is 240 g/mol. The van der Waals surface area contributed by atoms with E-state index in [2.05, 4.69) is 14.9 Å². The van der Waals surface area contributed by atoms with Crippen molar-refractivity contribution in [2.24, 2.45) is 0 Å². The SMILES string of the molecule is ClCCN(c1cnccn1)C1CCCCC1. The van der Waals surface area contributed by atoms with Crippen LogP contribution in [0.5, 0.6) is 0 Å². The van der Waals surface area contributed by atoms with Gasteiger partial charge in [0.1, 0.15) is 5.82 Å². The van der Waals surface area contributed by atoms with Gasteiger partial charge in [-0.25, -0.2) is 4.98 Å². The van der Waals surface area contributed by atoms with Gasteiger partial charge in [-0.3, -0.25) is 4.98 Å². The lowest BCUT2D eigenvalue weighted by Crippen LogP contribution is -2.38. The Morgan fingerprint density at radius 3 is 2.69 bits per heavy atom. The van der Waals surface area contributed by atoms with Crippen LogP contribution in [0.1, 0.15) is 32.1 Å². The van der Waals surface area contributed by atoms with Crippen molar-refractivity contribution in [2.45, 2.75) is 38.1 Å². The Kier molecular flexibility index (Phi) is 4.40. The topological polar surface area (TPSA) is 29.0 Å². The fourth-order valence-electron chi connectivity index (χ4n) is 2.41. The number of rotatable bonds is 4. The molecule has 0 aliphatic heterocycles. The van der Waals surface area contributed by atoms with Crippen molar-refractivity contribution in [3.05, 3.63) is 18.6 Å². The molecule has 1 aromatic rings. The Morgan fingerprint density at radius 2 is 2.06 bits per heavy atom. The van der Waals surface area contributed by atoms with Crippen molar-refractivity contribution < 1.29 is 0 Å². The molecule has 3 nitrogen and oxygen atoms in total. The predicted octanol–water partition coefficient (Wildman–Crippen LogP) is 2.85. The van der Waals surface area contributed by atoms with Gasteiger partial charge in [-0.05, 0) is 12.8 Å². The van der Waals surface area contributed by atoms with Crippen LogP contribution < -0.4 is 4.90 Å². The normalized spacial score (nSPS) is 17.3. The maximum Gasteiger partial charge on any atom is 0.147 e. The molecule has 0 unspecified atom stereocenters. The molecular weight excluding hydrogens is 222 g/mol. The van der Waals surface area contributed by atoms with Gasteiger partial charge in [0.25, 0.3) is 0 Å². The third kappa shape index (κ3) is 2.85. The van der Waals surface area contributed by atoms with Crippen molar-refractivity contribution in [1.82, 2.24) is 9.97 Å². The Bertz CT molecular complexity index is 298. The molecular formula is C12H18ClN3. The lowest BCUT2D eigenvalue weighted by Gasteiger charge is -2.34. The highest BCUT2D eigenvalue weighted by Crippen LogP contribution is 2.25. The van der Waals surface area contributed by atoms with E-state index in [4.69, 9.17) is 11.6 Å². The molecule has 0 bridgehead atoms. The van der Waals surface area contributed by atoms with E-state index in [1.54, 1.807) is 12.4 Å². The summed E-state index contributed by atoms with van der Waals surface area (Å²) in [6, 6.07) is 0.601. The molecule has 88 valence electrons. The monoisotopic (exact) mass is 239 g/mol. The first-order valence-corrected chi connectivity index (χ1v) is 6.54. The molecule has 1 heterocycles. The largest absolute Gasteiger partial charge is 0.351 e. The Hall–Kier alpha value is -0.830. The molecule has 0 N–H and O–H groups in total. The van der Waals surface area contributed by atoms with Gasteiger partial charge in [0, 0.05) is 30.9 Å². The van der Waals surface area contributed by atoms with Gasteiger partial charge in [-0.15, -0.1) is 11.6 Å². The highest BCUT2D eigenvalue weighted by Gasteiger charge is 2.21. The van der Waals surface area contributed by atoms with E-state index in [9.17, 15) is 0 Å². The number of aromatic nitrogens is 2. The Balaban J connectivity index is 2.09. The van der Waals surface area contributed by atoms with Crippen molar-refractivity contribution in [3.63, 3.8) is 0 Å². The van der Waals surface area contributed by atoms with Gasteiger partial charge in [0.15, 0.2) is 0 Å². The number of nitrogens with zero attached hydrogens (tertiary/aromatic N) is 3. The van der Waals surface area contributed by atoms with Crippen LogP contribution >= 0.6 is 11.6 Å². The second-order valence-electron chi connectivity index (χ2n) is 4.24.